The molecule has 25 heavy (non-hydrogen) atoms. The van der Waals surface area contributed by atoms with Gasteiger partial charge >= 0.3 is 5.97 Å². The second-order valence-corrected chi connectivity index (χ2v) is 6.24. The zero-order valence-corrected chi connectivity index (χ0v) is 13.8. The minimum Gasteiger partial charge on any atom is -0.452 e. The molecule has 0 saturated carbocycles. The van der Waals surface area contributed by atoms with Gasteiger partial charge in [0.15, 0.2) is 11.7 Å². The Morgan fingerprint density at radius 3 is 2.64 bits per heavy atom. The Morgan fingerprint density at radius 2 is 1.92 bits per heavy atom. The molecule has 0 radical (unpaired) electrons. The molecular weight excluding hydrogens is 350 g/mol. The molecule has 0 aliphatic heterocycles. The normalized spacial score (nSPS) is 10.7. The average Bonchev–Trinajstić information content (AvgIpc) is 2.94. The lowest BCUT2D eigenvalue weighted by molar-refractivity contribution is -0.119. The molecule has 0 aliphatic carbocycles. The maximum absolute atomic E-state index is 13.5. The summed E-state index contributed by atoms with van der Waals surface area (Å²) in [5.41, 5.74) is 0.969. The summed E-state index contributed by atoms with van der Waals surface area (Å²) in [6.07, 6.45) is 0. The maximum Gasteiger partial charge on any atom is 0.344 e. The first kappa shape index (κ1) is 17.0. The molecule has 0 unspecified atom stereocenters. The van der Waals surface area contributed by atoms with Crippen LogP contribution in [0.2, 0.25) is 0 Å². The van der Waals surface area contributed by atoms with Crippen molar-refractivity contribution in [1.29, 1.82) is 0 Å². The number of hydrogen-bond donors (Lipinski definition) is 1. The van der Waals surface area contributed by atoms with Crippen molar-refractivity contribution in [1.82, 2.24) is 4.98 Å². The Morgan fingerprint density at radius 1 is 1.20 bits per heavy atom. The number of esters is 1. The lowest BCUT2D eigenvalue weighted by atomic mass is 10.2. The number of aromatic nitrogens is 1. The summed E-state index contributed by atoms with van der Waals surface area (Å²) in [7, 11) is 0. The molecule has 8 heteroatoms. The van der Waals surface area contributed by atoms with Crippen LogP contribution in [-0.4, -0.2) is 23.5 Å². The topological polar surface area (TPSA) is 68.3 Å². The van der Waals surface area contributed by atoms with Crippen LogP contribution in [0, 0.1) is 18.6 Å². The molecule has 1 aromatic heterocycles. The zero-order valence-electron chi connectivity index (χ0n) is 13.0. The largest absolute Gasteiger partial charge is 0.452 e. The van der Waals surface area contributed by atoms with E-state index in [1.54, 1.807) is 0 Å². The van der Waals surface area contributed by atoms with Crippen LogP contribution in [0.5, 0.6) is 0 Å². The molecule has 2 aromatic carbocycles. The number of aryl methyl sites for hydroxylation is 1. The number of anilines is 1. The molecule has 0 aliphatic rings. The molecule has 1 amide bonds. The summed E-state index contributed by atoms with van der Waals surface area (Å²) < 4.78 is 32.5. The van der Waals surface area contributed by atoms with E-state index in [4.69, 9.17) is 0 Å². The van der Waals surface area contributed by atoms with Gasteiger partial charge in [0.1, 0.15) is 17.2 Å². The summed E-state index contributed by atoms with van der Waals surface area (Å²) in [6, 6.07) is 8.66. The molecular formula is C17H12F2N2O3S. The van der Waals surface area contributed by atoms with Gasteiger partial charge < -0.3 is 4.74 Å². The first-order chi connectivity index (χ1) is 11.9. The van der Waals surface area contributed by atoms with Crippen LogP contribution >= 0.6 is 11.3 Å². The predicted molar refractivity (Wildman–Crippen MR) is 89.6 cm³/mol. The van der Waals surface area contributed by atoms with Crippen molar-refractivity contribution in [3.63, 3.8) is 0 Å². The van der Waals surface area contributed by atoms with E-state index in [2.05, 4.69) is 15.0 Å². The second kappa shape index (κ2) is 6.94. The van der Waals surface area contributed by atoms with Crippen LogP contribution in [0.1, 0.15) is 15.9 Å². The lowest BCUT2D eigenvalue weighted by Crippen LogP contribution is -2.21. The van der Waals surface area contributed by atoms with Gasteiger partial charge in [0.2, 0.25) is 0 Å². The maximum atomic E-state index is 13.5. The van der Waals surface area contributed by atoms with Crippen molar-refractivity contribution in [2.45, 2.75) is 6.92 Å². The van der Waals surface area contributed by atoms with E-state index in [0.717, 1.165) is 34.0 Å². The number of fused-ring (bicyclic) bond motifs is 1. The molecule has 1 N–H and O–H groups in total. The summed E-state index contributed by atoms with van der Waals surface area (Å²) in [6.45, 7) is 1.26. The fourth-order valence-electron chi connectivity index (χ4n) is 2.14. The van der Waals surface area contributed by atoms with Gasteiger partial charge in [-0.1, -0.05) is 23.5 Å². The summed E-state index contributed by atoms with van der Waals surface area (Å²) in [5, 5.41) is 2.84. The highest BCUT2D eigenvalue weighted by Gasteiger charge is 2.19. The number of carbonyl (C=O) groups is 2. The highest BCUT2D eigenvalue weighted by Crippen LogP contribution is 2.26. The van der Waals surface area contributed by atoms with Crippen molar-refractivity contribution in [2.75, 3.05) is 11.9 Å². The quantitative estimate of drug-likeness (QED) is 0.719. The number of rotatable bonds is 4. The van der Waals surface area contributed by atoms with E-state index in [0.29, 0.717) is 5.13 Å². The van der Waals surface area contributed by atoms with Crippen LogP contribution in [-0.2, 0) is 9.53 Å². The first-order valence-electron chi connectivity index (χ1n) is 7.22. The number of benzene rings is 2. The van der Waals surface area contributed by atoms with Gasteiger partial charge in [-0.25, -0.2) is 18.6 Å². The predicted octanol–water partition coefficient (Wildman–Crippen LogP) is 3.68. The van der Waals surface area contributed by atoms with Gasteiger partial charge in [0.05, 0.1) is 10.2 Å². The summed E-state index contributed by atoms with van der Waals surface area (Å²) in [4.78, 5) is 27.8. The standard InChI is InChI=1S/C17H12F2N2O3S/c1-9-5-6-12-13(7-9)25-17(20-12)21-14(22)8-24-16(23)15-10(18)3-2-4-11(15)19/h2-7H,8H2,1H3,(H,20,21,22). The van der Waals surface area contributed by atoms with Crippen molar-refractivity contribution in [3.8, 4) is 0 Å². The van der Waals surface area contributed by atoms with Gasteiger partial charge in [0.25, 0.3) is 5.91 Å². The van der Waals surface area contributed by atoms with Crippen molar-refractivity contribution in [3.05, 3.63) is 59.2 Å². The van der Waals surface area contributed by atoms with E-state index in [-0.39, 0.29) is 0 Å². The minimum absolute atomic E-state index is 0.346. The Labute approximate surface area is 145 Å². The first-order valence-corrected chi connectivity index (χ1v) is 8.04. The smallest absolute Gasteiger partial charge is 0.344 e. The zero-order chi connectivity index (χ0) is 18.0. The Balaban J connectivity index is 1.63. The number of halogens is 2. The van der Waals surface area contributed by atoms with Crippen molar-refractivity contribution in [2.24, 2.45) is 0 Å². The molecule has 0 saturated heterocycles. The number of ether oxygens (including phenoxy) is 1. The second-order valence-electron chi connectivity index (χ2n) is 5.21. The van der Waals surface area contributed by atoms with E-state index < -0.39 is 35.7 Å². The molecule has 0 bridgehead atoms. The molecule has 0 atom stereocenters. The van der Waals surface area contributed by atoms with Gasteiger partial charge in [0, 0.05) is 0 Å². The highest BCUT2D eigenvalue weighted by atomic mass is 32.1. The Bertz CT molecular complexity index is 951. The van der Waals surface area contributed by atoms with Crippen LogP contribution in [0.4, 0.5) is 13.9 Å². The number of amides is 1. The third-order valence-electron chi connectivity index (χ3n) is 3.29. The van der Waals surface area contributed by atoms with Crippen LogP contribution in [0.25, 0.3) is 10.2 Å². The van der Waals surface area contributed by atoms with Gasteiger partial charge in [-0.05, 0) is 36.8 Å². The third-order valence-corrected chi connectivity index (χ3v) is 4.23. The SMILES string of the molecule is Cc1ccc2nc(NC(=O)COC(=O)c3c(F)cccc3F)sc2c1. The third kappa shape index (κ3) is 3.80. The van der Waals surface area contributed by atoms with Gasteiger partial charge in [-0.2, -0.15) is 0 Å². The molecule has 0 spiro atoms. The van der Waals surface area contributed by atoms with Crippen LogP contribution < -0.4 is 5.32 Å². The van der Waals surface area contributed by atoms with Gasteiger partial charge in [-0.15, -0.1) is 0 Å². The average molecular weight is 362 g/mol. The summed E-state index contributed by atoms with van der Waals surface area (Å²) >= 11 is 1.27. The van der Waals surface area contributed by atoms with Crippen LogP contribution in [0.3, 0.4) is 0 Å². The minimum atomic E-state index is -1.24. The number of nitrogens with one attached hydrogen (secondary N) is 1. The Hall–Kier alpha value is -2.87. The molecule has 3 rings (SSSR count). The highest BCUT2D eigenvalue weighted by molar-refractivity contribution is 7.22. The number of nitrogens with zero attached hydrogens (tertiary/aromatic N) is 1. The van der Waals surface area contributed by atoms with E-state index >= 15 is 0 Å². The monoisotopic (exact) mass is 362 g/mol. The molecule has 3 aromatic rings. The van der Waals surface area contributed by atoms with Gasteiger partial charge in [-0.3, -0.25) is 10.1 Å². The molecule has 1 heterocycles. The molecule has 0 fully saturated rings. The number of thiazole rings is 1. The van der Waals surface area contributed by atoms with Crippen molar-refractivity contribution >= 4 is 38.6 Å². The van der Waals surface area contributed by atoms with E-state index in [1.807, 2.05) is 25.1 Å². The fourth-order valence-corrected chi connectivity index (χ4v) is 3.12. The fraction of sp³-hybridized carbons (Fsp3) is 0.118. The van der Waals surface area contributed by atoms with Crippen LogP contribution in [0.15, 0.2) is 36.4 Å². The summed E-state index contributed by atoms with van der Waals surface area (Å²) in [5.74, 6) is -3.99. The molecule has 5 nitrogen and oxygen atoms in total. The van der Waals surface area contributed by atoms with E-state index in [9.17, 15) is 18.4 Å². The van der Waals surface area contributed by atoms with Crippen molar-refractivity contribution < 1.29 is 23.1 Å². The molecule has 128 valence electrons. The number of hydrogen-bond acceptors (Lipinski definition) is 5. The number of carbonyl (C=O) groups excluding carboxylic acids is 2. The van der Waals surface area contributed by atoms with E-state index in [1.165, 1.54) is 11.3 Å². The lowest BCUT2D eigenvalue weighted by Gasteiger charge is -2.06. The Kier molecular flexibility index (Phi) is 4.71.